The van der Waals surface area contributed by atoms with E-state index in [0.717, 1.165) is 6.92 Å². The van der Waals surface area contributed by atoms with Gasteiger partial charge in [0, 0.05) is 42.9 Å². The lowest BCUT2D eigenvalue weighted by Crippen LogP contribution is -2.55. The monoisotopic (exact) mass is 569 g/mol. The molecule has 5 N–H and O–H groups in total. The first kappa shape index (κ1) is 28.7. The van der Waals surface area contributed by atoms with E-state index in [2.05, 4.69) is 5.32 Å². The Morgan fingerprint density at radius 2 is 1.76 bits per heavy atom. The zero-order chi connectivity index (χ0) is 30.0. The van der Waals surface area contributed by atoms with Crippen LogP contribution in [0.2, 0.25) is 0 Å². The van der Waals surface area contributed by atoms with Gasteiger partial charge < -0.3 is 40.0 Å². The van der Waals surface area contributed by atoms with Crippen LogP contribution in [-0.2, 0) is 25.5 Å². The van der Waals surface area contributed by atoms with Crippen LogP contribution in [0.25, 0.3) is 0 Å². The summed E-state index contributed by atoms with van der Waals surface area (Å²) in [5.74, 6) is -3.72. The first-order chi connectivity index (χ1) is 19.3. The third-order valence-electron chi connectivity index (χ3n) is 8.14. The van der Waals surface area contributed by atoms with Crippen LogP contribution in [0.15, 0.2) is 18.2 Å². The second-order valence-electron chi connectivity index (χ2n) is 10.8. The van der Waals surface area contributed by atoms with Gasteiger partial charge in [0.1, 0.15) is 29.0 Å². The van der Waals surface area contributed by atoms with Crippen molar-refractivity contribution in [1.82, 2.24) is 5.32 Å². The molecule has 12 heteroatoms. The zero-order valence-corrected chi connectivity index (χ0v) is 22.9. The van der Waals surface area contributed by atoms with Crippen molar-refractivity contribution >= 4 is 23.3 Å². The Kier molecular flexibility index (Phi) is 7.14. The van der Waals surface area contributed by atoms with E-state index in [4.69, 9.17) is 14.2 Å². The molecule has 2 aromatic carbocycles. The molecule has 1 amide bonds. The number of aromatic hydroxyl groups is 2. The van der Waals surface area contributed by atoms with E-state index in [-0.39, 0.29) is 46.8 Å². The topological polar surface area (TPSA) is 189 Å². The smallest absolute Gasteiger partial charge is 0.217 e. The summed E-state index contributed by atoms with van der Waals surface area (Å²) in [4.78, 5) is 51.5. The summed E-state index contributed by atoms with van der Waals surface area (Å²) in [7, 11) is 1.33. The van der Waals surface area contributed by atoms with Gasteiger partial charge in [-0.3, -0.25) is 19.2 Å². The molecule has 1 heterocycles. The predicted octanol–water partition coefficient (Wildman–Crippen LogP) is 1.21. The highest BCUT2D eigenvalue weighted by Gasteiger charge is 2.49. The molecule has 1 saturated heterocycles. The van der Waals surface area contributed by atoms with Gasteiger partial charge >= 0.3 is 0 Å². The Morgan fingerprint density at radius 3 is 2.39 bits per heavy atom. The molecule has 1 fully saturated rings. The Labute approximate surface area is 234 Å². The van der Waals surface area contributed by atoms with Crippen molar-refractivity contribution in [2.45, 2.75) is 76.3 Å². The number of phenols is 2. The van der Waals surface area contributed by atoms with Crippen LogP contribution in [0, 0.1) is 0 Å². The second kappa shape index (κ2) is 10.2. The summed E-state index contributed by atoms with van der Waals surface area (Å²) in [5, 5.41) is 47.4. The molecule has 0 radical (unpaired) electrons. The fourth-order valence-electron chi connectivity index (χ4n) is 6.03. The average molecular weight is 570 g/mol. The first-order valence-corrected chi connectivity index (χ1v) is 13.2. The van der Waals surface area contributed by atoms with Crippen LogP contribution >= 0.6 is 0 Å². The second-order valence-corrected chi connectivity index (χ2v) is 10.8. The van der Waals surface area contributed by atoms with Gasteiger partial charge in [-0.1, -0.05) is 12.1 Å². The molecular formula is C29H31NO11. The van der Waals surface area contributed by atoms with Crippen LogP contribution in [0.3, 0.4) is 0 Å². The molecule has 41 heavy (non-hydrogen) atoms. The number of hydrogen-bond donors (Lipinski definition) is 5. The highest BCUT2D eigenvalue weighted by molar-refractivity contribution is 6.31. The summed E-state index contributed by atoms with van der Waals surface area (Å²) in [6.45, 7) is 4.03. The number of aliphatic hydroxyl groups is 2. The van der Waals surface area contributed by atoms with E-state index in [0.29, 0.717) is 0 Å². The van der Waals surface area contributed by atoms with Crippen LogP contribution in [0.5, 0.6) is 17.2 Å². The zero-order valence-electron chi connectivity index (χ0n) is 22.9. The van der Waals surface area contributed by atoms with Crippen molar-refractivity contribution < 1.29 is 53.8 Å². The van der Waals surface area contributed by atoms with Gasteiger partial charge in [-0.15, -0.1) is 0 Å². The molecule has 5 rings (SSSR count). The molecule has 0 saturated carbocycles. The van der Waals surface area contributed by atoms with Gasteiger partial charge in [-0.25, -0.2) is 0 Å². The standard InChI is InChI=1S/C29H31NO11/c1-11-24(33)16(30-13(3)32)8-19(40-11)41-18-10-29(38,12(2)31)9-15-21(18)28(37)23-22(26(15)35)25(34)14-6-5-7-17(39-4)20(14)27(23)36/h5-7,11,16,18-19,24,33,35,37-38H,8-10H2,1-4H3,(H,30,32)/t11-,16-,18-,19-,24+,29-/m0/s1. The Balaban J connectivity index is 1.64. The Morgan fingerprint density at radius 1 is 1.07 bits per heavy atom. The summed E-state index contributed by atoms with van der Waals surface area (Å²) in [6.07, 6.45) is -5.06. The molecule has 0 aromatic heterocycles. The van der Waals surface area contributed by atoms with E-state index in [1.807, 2.05) is 0 Å². The summed E-state index contributed by atoms with van der Waals surface area (Å²) < 4.78 is 17.2. The van der Waals surface area contributed by atoms with E-state index in [9.17, 15) is 39.6 Å². The minimum Gasteiger partial charge on any atom is -0.507 e. The van der Waals surface area contributed by atoms with Gasteiger partial charge in [-0.05, 0) is 19.9 Å². The number of rotatable bonds is 5. The minimum absolute atomic E-state index is 0.0188. The van der Waals surface area contributed by atoms with Gasteiger partial charge in [0.05, 0.1) is 42.0 Å². The number of carbonyl (C=O) groups is 4. The van der Waals surface area contributed by atoms with Crippen LogP contribution in [-0.4, -0.2) is 80.9 Å². The largest absolute Gasteiger partial charge is 0.507 e. The maximum Gasteiger partial charge on any atom is 0.217 e. The van der Waals surface area contributed by atoms with E-state index in [1.165, 1.54) is 32.2 Å². The first-order valence-electron chi connectivity index (χ1n) is 13.2. The summed E-state index contributed by atoms with van der Waals surface area (Å²) in [5.41, 5.74) is -3.25. The van der Waals surface area contributed by atoms with Crippen molar-refractivity contribution in [2.24, 2.45) is 0 Å². The number of ketones is 3. The fourth-order valence-corrected chi connectivity index (χ4v) is 6.03. The van der Waals surface area contributed by atoms with E-state index >= 15 is 0 Å². The quantitative estimate of drug-likeness (QED) is 0.278. The number of carbonyl (C=O) groups excluding carboxylic acids is 4. The maximum atomic E-state index is 13.7. The normalized spacial score (nSPS) is 28.8. The molecule has 218 valence electrons. The number of nitrogens with one attached hydrogen (secondary N) is 1. The summed E-state index contributed by atoms with van der Waals surface area (Å²) >= 11 is 0. The number of aliphatic hydroxyl groups excluding tert-OH is 1. The van der Waals surface area contributed by atoms with Crippen LogP contribution in [0.1, 0.15) is 82.7 Å². The molecule has 0 bridgehead atoms. The van der Waals surface area contributed by atoms with Crippen LogP contribution < -0.4 is 10.1 Å². The molecule has 1 aliphatic heterocycles. The van der Waals surface area contributed by atoms with Crippen molar-refractivity contribution in [3.05, 3.63) is 51.6 Å². The number of hydrogen-bond acceptors (Lipinski definition) is 11. The van der Waals surface area contributed by atoms with Gasteiger partial charge in [0.2, 0.25) is 11.7 Å². The van der Waals surface area contributed by atoms with Crippen molar-refractivity contribution in [3.8, 4) is 17.2 Å². The minimum atomic E-state index is -2.05. The number of ether oxygens (including phenoxy) is 3. The third kappa shape index (κ3) is 4.56. The number of methoxy groups -OCH3 is 1. The predicted molar refractivity (Wildman–Crippen MR) is 140 cm³/mol. The highest BCUT2D eigenvalue weighted by atomic mass is 16.7. The maximum absolute atomic E-state index is 13.7. The Hall–Kier alpha value is -3.84. The van der Waals surface area contributed by atoms with Crippen molar-refractivity contribution in [2.75, 3.05) is 7.11 Å². The molecule has 3 aliphatic rings. The number of benzene rings is 2. The Bertz CT molecular complexity index is 1480. The van der Waals surface area contributed by atoms with E-state index < -0.39 is 82.6 Å². The molecule has 2 aliphatic carbocycles. The van der Waals surface area contributed by atoms with Crippen molar-refractivity contribution in [1.29, 1.82) is 0 Å². The number of Topliss-reactive ketones (excluding diaryl/α,β-unsaturated/α-hetero) is 1. The SMILES string of the molecule is COc1cccc2c1C(=O)c1c(O)c3c(c(O)c1C2=O)C[C@@](O)(C(C)=O)C[C@@H]3O[C@H]1C[C@H](NC(C)=O)[C@H](O)[C@H](C)O1. The van der Waals surface area contributed by atoms with Gasteiger partial charge in [-0.2, -0.15) is 0 Å². The molecule has 6 atom stereocenters. The third-order valence-corrected chi connectivity index (χ3v) is 8.14. The number of fused-ring (bicyclic) bond motifs is 3. The highest BCUT2D eigenvalue weighted by Crippen LogP contribution is 2.52. The fraction of sp³-hybridized carbons (Fsp3) is 0.448. The van der Waals surface area contributed by atoms with Crippen molar-refractivity contribution in [3.63, 3.8) is 0 Å². The molecule has 0 spiro atoms. The number of phenolic OH excluding ortho intramolecular Hbond substituents is 2. The average Bonchev–Trinajstić information content (AvgIpc) is 2.91. The molecule has 2 aromatic rings. The van der Waals surface area contributed by atoms with E-state index in [1.54, 1.807) is 6.92 Å². The molecule has 0 unspecified atom stereocenters. The molecular weight excluding hydrogens is 538 g/mol. The number of amides is 1. The lowest BCUT2D eigenvalue weighted by atomic mass is 9.72. The lowest BCUT2D eigenvalue weighted by Gasteiger charge is -2.42. The summed E-state index contributed by atoms with van der Waals surface area (Å²) in [6, 6.07) is 3.66. The van der Waals surface area contributed by atoms with Gasteiger partial charge in [0.25, 0.3) is 0 Å². The van der Waals surface area contributed by atoms with Gasteiger partial charge in [0.15, 0.2) is 17.9 Å². The van der Waals surface area contributed by atoms with Crippen LogP contribution in [0.4, 0.5) is 0 Å². The molecule has 12 nitrogen and oxygen atoms in total. The lowest BCUT2D eigenvalue weighted by molar-refractivity contribution is -0.249.